The molecule has 1 unspecified atom stereocenters. The van der Waals surface area contributed by atoms with E-state index in [0.29, 0.717) is 0 Å². The molecule has 1 N–H and O–H groups in total. The largest absolute Gasteiger partial charge is 0.497 e. The van der Waals surface area contributed by atoms with Crippen LogP contribution in [0.3, 0.4) is 0 Å². The molecule has 23 heavy (non-hydrogen) atoms. The summed E-state index contributed by atoms with van der Waals surface area (Å²) in [6, 6.07) is 15.3. The van der Waals surface area contributed by atoms with Gasteiger partial charge in [-0.1, -0.05) is 31.2 Å². The van der Waals surface area contributed by atoms with Crippen molar-refractivity contribution in [1.29, 1.82) is 0 Å². The monoisotopic (exact) mass is 308 g/mol. The molecule has 3 heteroatoms. The summed E-state index contributed by atoms with van der Waals surface area (Å²) in [5, 5.41) is 1.21. The first kappa shape index (κ1) is 15.6. The maximum absolute atomic E-state index is 5.40. The fraction of sp³-hybridized carbons (Fsp3) is 0.300. The summed E-state index contributed by atoms with van der Waals surface area (Å²) in [5.74, 6) is 0.886. The van der Waals surface area contributed by atoms with Gasteiger partial charge in [-0.15, -0.1) is 0 Å². The number of aromatic nitrogens is 1. The smallest absolute Gasteiger partial charge is 0.119 e. The normalized spacial score (nSPS) is 12.7. The van der Waals surface area contributed by atoms with E-state index in [2.05, 4.69) is 73.5 Å². The molecule has 1 atom stereocenters. The number of aryl methyl sites for hydroxylation is 1. The Morgan fingerprint density at radius 3 is 2.43 bits per heavy atom. The molecule has 0 fully saturated rings. The van der Waals surface area contributed by atoms with Gasteiger partial charge < -0.3 is 9.72 Å². The second-order valence-corrected chi connectivity index (χ2v) is 6.12. The minimum Gasteiger partial charge on any atom is -0.497 e. The summed E-state index contributed by atoms with van der Waals surface area (Å²) in [7, 11) is 5.95. The van der Waals surface area contributed by atoms with Crippen molar-refractivity contribution in [3.8, 4) is 5.75 Å². The molecule has 3 nitrogen and oxygen atoms in total. The molecule has 0 saturated heterocycles. The zero-order chi connectivity index (χ0) is 16.4. The van der Waals surface area contributed by atoms with Gasteiger partial charge in [0, 0.05) is 17.1 Å². The molecule has 120 valence electrons. The SMILES string of the molecule is CCc1ccc(C(c2c[nH]c3ccc(OC)cc23)N(C)C)cc1. The predicted molar refractivity (Wildman–Crippen MR) is 96.2 cm³/mol. The Morgan fingerprint density at radius 2 is 1.83 bits per heavy atom. The van der Waals surface area contributed by atoms with Crippen LogP contribution in [0.25, 0.3) is 10.9 Å². The third-order valence-corrected chi connectivity index (χ3v) is 4.44. The van der Waals surface area contributed by atoms with Crippen molar-refractivity contribution in [2.45, 2.75) is 19.4 Å². The van der Waals surface area contributed by atoms with Crippen LogP contribution in [0.4, 0.5) is 0 Å². The van der Waals surface area contributed by atoms with Gasteiger partial charge in [0.1, 0.15) is 5.75 Å². The van der Waals surface area contributed by atoms with Gasteiger partial charge in [0.25, 0.3) is 0 Å². The molecule has 0 saturated carbocycles. The van der Waals surface area contributed by atoms with Gasteiger partial charge in [0.2, 0.25) is 0 Å². The van der Waals surface area contributed by atoms with E-state index in [9.17, 15) is 0 Å². The van der Waals surface area contributed by atoms with Crippen LogP contribution in [0.5, 0.6) is 5.75 Å². The van der Waals surface area contributed by atoms with Crippen LogP contribution in [0.1, 0.15) is 29.7 Å². The van der Waals surface area contributed by atoms with E-state index in [-0.39, 0.29) is 6.04 Å². The molecule has 0 radical (unpaired) electrons. The highest BCUT2D eigenvalue weighted by Gasteiger charge is 2.20. The van der Waals surface area contributed by atoms with E-state index in [1.807, 2.05) is 6.07 Å². The number of nitrogens with one attached hydrogen (secondary N) is 1. The van der Waals surface area contributed by atoms with Crippen LogP contribution in [0.2, 0.25) is 0 Å². The van der Waals surface area contributed by atoms with E-state index < -0.39 is 0 Å². The lowest BCUT2D eigenvalue weighted by Gasteiger charge is -2.25. The van der Waals surface area contributed by atoms with Crippen LogP contribution in [0.15, 0.2) is 48.7 Å². The second-order valence-electron chi connectivity index (χ2n) is 6.12. The number of ether oxygens (including phenoxy) is 1. The Balaban J connectivity index is 2.10. The van der Waals surface area contributed by atoms with Crippen LogP contribution in [-0.4, -0.2) is 31.1 Å². The fourth-order valence-corrected chi connectivity index (χ4v) is 3.17. The number of methoxy groups -OCH3 is 1. The first-order chi connectivity index (χ1) is 11.1. The molecule has 3 rings (SSSR count). The summed E-state index contributed by atoms with van der Waals surface area (Å²) in [6.07, 6.45) is 3.18. The lowest BCUT2D eigenvalue weighted by atomic mass is 9.96. The average molecular weight is 308 g/mol. The van der Waals surface area contributed by atoms with Crippen LogP contribution >= 0.6 is 0 Å². The maximum atomic E-state index is 5.40. The molecular weight excluding hydrogens is 284 g/mol. The molecule has 0 amide bonds. The van der Waals surface area contributed by atoms with Crippen molar-refractivity contribution >= 4 is 10.9 Å². The highest BCUT2D eigenvalue weighted by atomic mass is 16.5. The van der Waals surface area contributed by atoms with Crippen molar-refractivity contribution in [3.05, 3.63) is 65.4 Å². The quantitative estimate of drug-likeness (QED) is 0.757. The Kier molecular flexibility index (Phi) is 4.39. The number of fused-ring (bicyclic) bond motifs is 1. The molecule has 0 aliphatic heterocycles. The van der Waals surface area contributed by atoms with Crippen molar-refractivity contribution < 1.29 is 4.74 Å². The van der Waals surface area contributed by atoms with Gasteiger partial charge in [0.05, 0.1) is 13.2 Å². The summed E-state index contributed by atoms with van der Waals surface area (Å²) < 4.78 is 5.40. The number of nitrogens with zero attached hydrogens (tertiary/aromatic N) is 1. The number of hydrogen-bond donors (Lipinski definition) is 1. The lowest BCUT2D eigenvalue weighted by Crippen LogP contribution is -2.20. The average Bonchev–Trinajstić information content (AvgIpc) is 2.98. The number of H-pyrrole nitrogens is 1. The Hall–Kier alpha value is -2.26. The van der Waals surface area contributed by atoms with Crippen molar-refractivity contribution in [2.24, 2.45) is 0 Å². The van der Waals surface area contributed by atoms with Crippen LogP contribution < -0.4 is 4.74 Å². The number of benzene rings is 2. The molecule has 2 aromatic carbocycles. The minimum absolute atomic E-state index is 0.210. The van der Waals surface area contributed by atoms with Gasteiger partial charge in [-0.3, -0.25) is 4.90 Å². The van der Waals surface area contributed by atoms with E-state index in [4.69, 9.17) is 4.74 Å². The molecule has 0 spiro atoms. The molecule has 0 aliphatic rings. The number of hydrogen-bond acceptors (Lipinski definition) is 2. The first-order valence-electron chi connectivity index (χ1n) is 8.04. The molecular formula is C20H24N2O. The minimum atomic E-state index is 0.210. The van der Waals surface area contributed by atoms with E-state index in [1.54, 1.807) is 7.11 Å². The third kappa shape index (κ3) is 2.97. The third-order valence-electron chi connectivity index (χ3n) is 4.44. The summed E-state index contributed by atoms with van der Waals surface area (Å²) in [5.41, 5.74) is 5.08. The summed E-state index contributed by atoms with van der Waals surface area (Å²) in [4.78, 5) is 5.64. The topological polar surface area (TPSA) is 28.3 Å². The Labute approximate surface area is 137 Å². The van der Waals surface area contributed by atoms with Crippen LogP contribution in [-0.2, 0) is 6.42 Å². The first-order valence-corrected chi connectivity index (χ1v) is 8.04. The number of rotatable bonds is 5. The van der Waals surface area contributed by atoms with Crippen molar-refractivity contribution in [3.63, 3.8) is 0 Å². The zero-order valence-corrected chi connectivity index (χ0v) is 14.3. The summed E-state index contributed by atoms with van der Waals surface area (Å²) in [6.45, 7) is 2.18. The van der Waals surface area contributed by atoms with E-state index in [0.717, 1.165) is 17.7 Å². The fourth-order valence-electron chi connectivity index (χ4n) is 3.17. The summed E-state index contributed by atoms with van der Waals surface area (Å²) >= 11 is 0. The number of aromatic amines is 1. The Morgan fingerprint density at radius 1 is 1.09 bits per heavy atom. The maximum Gasteiger partial charge on any atom is 0.119 e. The predicted octanol–water partition coefficient (Wildman–Crippen LogP) is 4.39. The van der Waals surface area contributed by atoms with E-state index >= 15 is 0 Å². The molecule has 0 bridgehead atoms. The Bertz CT molecular complexity index is 787. The molecule has 3 aromatic rings. The molecule has 1 heterocycles. The highest BCUT2D eigenvalue weighted by Crippen LogP contribution is 2.34. The van der Waals surface area contributed by atoms with Gasteiger partial charge in [-0.25, -0.2) is 0 Å². The standard InChI is InChI=1S/C20H24N2O/c1-5-14-6-8-15(9-7-14)20(22(2)3)18-13-21-19-11-10-16(23-4)12-17(18)19/h6-13,20-21H,5H2,1-4H3. The highest BCUT2D eigenvalue weighted by molar-refractivity contribution is 5.85. The van der Waals surface area contributed by atoms with Gasteiger partial charge in [-0.05, 0) is 55.4 Å². The molecule has 0 aliphatic carbocycles. The van der Waals surface area contributed by atoms with E-state index in [1.165, 1.54) is 22.1 Å². The van der Waals surface area contributed by atoms with Gasteiger partial charge >= 0.3 is 0 Å². The van der Waals surface area contributed by atoms with Gasteiger partial charge in [0.15, 0.2) is 0 Å². The van der Waals surface area contributed by atoms with Crippen molar-refractivity contribution in [2.75, 3.05) is 21.2 Å². The van der Waals surface area contributed by atoms with Crippen LogP contribution in [0, 0.1) is 0 Å². The van der Waals surface area contributed by atoms with Gasteiger partial charge in [-0.2, -0.15) is 0 Å². The lowest BCUT2D eigenvalue weighted by molar-refractivity contribution is 0.344. The molecule has 1 aromatic heterocycles. The second kappa shape index (κ2) is 6.47. The zero-order valence-electron chi connectivity index (χ0n) is 14.3. The van der Waals surface area contributed by atoms with Crippen molar-refractivity contribution in [1.82, 2.24) is 9.88 Å².